The van der Waals surface area contributed by atoms with Crippen LogP contribution in [-0.4, -0.2) is 29.9 Å². The molecule has 3 aromatic heterocycles. The molecule has 8 heteroatoms. The first-order chi connectivity index (χ1) is 11.2. The van der Waals surface area contributed by atoms with Crippen molar-refractivity contribution in [3.8, 4) is 5.69 Å². The number of anilines is 2. The van der Waals surface area contributed by atoms with Crippen LogP contribution in [0.5, 0.6) is 0 Å². The molecule has 0 aliphatic carbocycles. The number of halogens is 1. The summed E-state index contributed by atoms with van der Waals surface area (Å²) in [5.41, 5.74) is 3.38. The van der Waals surface area contributed by atoms with Gasteiger partial charge in [-0.25, -0.2) is 14.6 Å². The van der Waals surface area contributed by atoms with Crippen molar-refractivity contribution in [2.45, 2.75) is 6.92 Å². The van der Waals surface area contributed by atoms with Crippen molar-refractivity contribution < 1.29 is 0 Å². The first-order valence-electron chi connectivity index (χ1n) is 6.94. The number of aromatic amines is 1. The van der Waals surface area contributed by atoms with Crippen molar-refractivity contribution in [2.24, 2.45) is 0 Å². The molecular weight excluding hydrogens is 314 g/mol. The Balaban J connectivity index is 1.72. The molecule has 0 fully saturated rings. The summed E-state index contributed by atoms with van der Waals surface area (Å²) in [6.45, 7) is 1.98. The molecule has 2 N–H and O–H groups in total. The Morgan fingerprint density at radius 2 is 2.13 bits per heavy atom. The standard InChI is InChI=1S/C15H12ClN7/c1-9-13(7-20-23(9)11-4-2-3-10(16)5-11)21-14-12-6-19-22-15(12)18-8-17-14/h2-8H,1H3,(H2,17,18,19,21,22). The summed E-state index contributed by atoms with van der Waals surface area (Å²) in [5.74, 6) is 0.678. The molecule has 114 valence electrons. The minimum Gasteiger partial charge on any atom is -0.337 e. The summed E-state index contributed by atoms with van der Waals surface area (Å²) < 4.78 is 1.82. The Bertz CT molecular complexity index is 988. The van der Waals surface area contributed by atoms with Crippen LogP contribution in [0, 0.1) is 6.92 Å². The predicted molar refractivity (Wildman–Crippen MR) is 88.3 cm³/mol. The maximum Gasteiger partial charge on any atom is 0.160 e. The van der Waals surface area contributed by atoms with Gasteiger partial charge in [-0.1, -0.05) is 17.7 Å². The van der Waals surface area contributed by atoms with Crippen molar-refractivity contribution in [3.63, 3.8) is 0 Å². The van der Waals surface area contributed by atoms with E-state index in [4.69, 9.17) is 11.6 Å². The van der Waals surface area contributed by atoms with Crippen molar-refractivity contribution in [1.29, 1.82) is 0 Å². The van der Waals surface area contributed by atoms with Gasteiger partial charge in [0, 0.05) is 5.02 Å². The van der Waals surface area contributed by atoms with Gasteiger partial charge >= 0.3 is 0 Å². The highest BCUT2D eigenvalue weighted by molar-refractivity contribution is 6.30. The Labute approximate surface area is 136 Å². The summed E-state index contributed by atoms with van der Waals surface area (Å²) in [4.78, 5) is 8.39. The number of rotatable bonds is 3. The third-order valence-corrected chi connectivity index (χ3v) is 3.80. The number of hydrogen-bond donors (Lipinski definition) is 2. The fraction of sp³-hybridized carbons (Fsp3) is 0.0667. The van der Waals surface area contributed by atoms with E-state index in [-0.39, 0.29) is 0 Å². The lowest BCUT2D eigenvalue weighted by atomic mass is 10.3. The summed E-state index contributed by atoms with van der Waals surface area (Å²) >= 11 is 6.05. The van der Waals surface area contributed by atoms with E-state index in [1.807, 2.05) is 35.9 Å². The molecule has 0 unspecified atom stereocenters. The molecule has 7 nitrogen and oxygen atoms in total. The first kappa shape index (κ1) is 13.7. The van der Waals surface area contributed by atoms with E-state index in [2.05, 4.69) is 30.6 Å². The zero-order chi connectivity index (χ0) is 15.8. The van der Waals surface area contributed by atoms with Gasteiger partial charge in [-0.15, -0.1) is 0 Å². The third kappa shape index (κ3) is 2.40. The third-order valence-electron chi connectivity index (χ3n) is 3.56. The highest BCUT2D eigenvalue weighted by Crippen LogP contribution is 2.25. The number of H-pyrrole nitrogens is 1. The van der Waals surface area contributed by atoms with E-state index in [1.165, 1.54) is 6.33 Å². The van der Waals surface area contributed by atoms with E-state index < -0.39 is 0 Å². The Hall–Kier alpha value is -2.93. The number of nitrogens with zero attached hydrogens (tertiary/aromatic N) is 5. The predicted octanol–water partition coefficient (Wildman–Crippen LogP) is 3.24. The lowest BCUT2D eigenvalue weighted by molar-refractivity contribution is 0.847. The first-order valence-corrected chi connectivity index (χ1v) is 7.32. The molecule has 4 rings (SSSR count). The van der Waals surface area contributed by atoms with Crippen LogP contribution in [0.4, 0.5) is 11.5 Å². The van der Waals surface area contributed by atoms with Crippen LogP contribution in [0.1, 0.15) is 5.69 Å². The lowest BCUT2D eigenvalue weighted by Gasteiger charge is -2.07. The quantitative estimate of drug-likeness (QED) is 0.604. The van der Waals surface area contributed by atoms with Crippen molar-refractivity contribution in [1.82, 2.24) is 29.9 Å². The van der Waals surface area contributed by atoms with E-state index in [9.17, 15) is 0 Å². The Kier molecular flexibility index (Phi) is 3.20. The summed E-state index contributed by atoms with van der Waals surface area (Å²) in [5, 5.41) is 16.0. The van der Waals surface area contributed by atoms with Gasteiger partial charge < -0.3 is 5.32 Å². The molecule has 0 radical (unpaired) electrons. The zero-order valence-electron chi connectivity index (χ0n) is 12.2. The minimum atomic E-state index is 0.669. The lowest BCUT2D eigenvalue weighted by Crippen LogP contribution is -2.00. The van der Waals surface area contributed by atoms with Crippen LogP contribution in [0.15, 0.2) is 43.0 Å². The molecule has 0 spiro atoms. The maximum atomic E-state index is 6.05. The van der Waals surface area contributed by atoms with Gasteiger partial charge in [0.05, 0.1) is 34.8 Å². The number of benzene rings is 1. The smallest absolute Gasteiger partial charge is 0.160 e. The van der Waals surface area contributed by atoms with Crippen LogP contribution in [0.3, 0.4) is 0 Å². The van der Waals surface area contributed by atoms with Crippen LogP contribution in [0.2, 0.25) is 5.02 Å². The Morgan fingerprint density at radius 3 is 3.00 bits per heavy atom. The average Bonchev–Trinajstić information content (AvgIpc) is 3.16. The summed E-state index contributed by atoms with van der Waals surface area (Å²) in [7, 11) is 0. The highest BCUT2D eigenvalue weighted by atomic mass is 35.5. The number of fused-ring (bicyclic) bond motifs is 1. The normalized spacial score (nSPS) is 11.0. The zero-order valence-corrected chi connectivity index (χ0v) is 12.9. The molecule has 0 amide bonds. The SMILES string of the molecule is Cc1c(Nc2ncnc3[nH]ncc23)cnn1-c1cccc(Cl)c1. The molecule has 4 aromatic rings. The second kappa shape index (κ2) is 5.36. The van der Waals surface area contributed by atoms with Gasteiger partial charge in [0.25, 0.3) is 0 Å². The molecule has 3 heterocycles. The molecule has 0 atom stereocenters. The van der Waals surface area contributed by atoms with Crippen LogP contribution in [-0.2, 0) is 0 Å². The summed E-state index contributed by atoms with van der Waals surface area (Å²) in [6, 6.07) is 7.55. The van der Waals surface area contributed by atoms with Crippen LogP contribution in [0.25, 0.3) is 16.7 Å². The van der Waals surface area contributed by atoms with Crippen LogP contribution >= 0.6 is 11.6 Å². The van der Waals surface area contributed by atoms with E-state index in [0.29, 0.717) is 16.5 Å². The number of hydrogen-bond acceptors (Lipinski definition) is 5. The molecule has 23 heavy (non-hydrogen) atoms. The monoisotopic (exact) mass is 325 g/mol. The Morgan fingerprint density at radius 1 is 1.22 bits per heavy atom. The number of aromatic nitrogens is 6. The van der Waals surface area contributed by atoms with Crippen LogP contribution < -0.4 is 5.32 Å². The average molecular weight is 326 g/mol. The highest BCUT2D eigenvalue weighted by Gasteiger charge is 2.11. The van der Waals surface area contributed by atoms with Gasteiger partial charge in [0.2, 0.25) is 0 Å². The second-order valence-corrected chi connectivity index (χ2v) is 5.45. The largest absolute Gasteiger partial charge is 0.337 e. The number of nitrogens with one attached hydrogen (secondary N) is 2. The van der Waals surface area contributed by atoms with Gasteiger partial charge in [-0.2, -0.15) is 10.2 Å². The molecule has 0 aliphatic rings. The van der Waals surface area contributed by atoms with Gasteiger partial charge in [0.1, 0.15) is 12.1 Å². The molecule has 0 saturated carbocycles. The molecular formula is C15H12ClN7. The summed E-state index contributed by atoms with van der Waals surface area (Å²) in [6.07, 6.45) is 4.93. The van der Waals surface area contributed by atoms with Crippen molar-refractivity contribution in [3.05, 3.63) is 53.7 Å². The van der Waals surface area contributed by atoms with E-state index in [1.54, 1.807) is 12.4 Å². The second-order valence-electron chi connectivity index (χ2n) is 5.01. The maximum absolute atomic E-state index is 6.05. The van der Waals surface area contributed by atoms with E-state index in [0.717, 1.165) is 22.5 Å². The van der Waals surface area contributed by atoms with Crippen molar-refractivity contribution >= 4 is 34.1 Å². The molecule has 1 aromatic carbocycles. The molecule has 0 aliphatic heterocycles. The van der Waals surface area contributed by atoms with Gasteiger partial charge in [-0.05, 0) is 25.1 Å². The van der Waals surface area contributed by atoms with Gasteiger partial charge in [-0.3, -0.25) is 5.10 Å². The minimum absolute atomic E-state index is 0.669. The molecule has 0 bridgehead atoms. The molecule has 0 saturated heterocycles. The van der Waals surface area contributed by atoms with Gasteiger partial charge in [0.15, 0.2) is 5.65 Å². The topological polar surface area (TPSA) is 84.3 Å². The van der Waals surface area contributed by atoms with Crippen molar-refractivity contribution in [2.75, 3.05) is 5.32 Å². The fourth-order valence-corrected chi connectivity index (χ4v) is 2.58. The van der Waals surface area contributed by atoms with E-state index >= 15 is 0 Å². The fourth-order valence-electron chi connectivity index (χ4n) is 2.39.